The monoisotopic (exact) mass is 238 g/mol. The van der Waals surface area contributed by atoms with Crippen LogP contribution in [0.5, 0.6) is 0 Å². The van der Waals surface area contributed by atoms with Gasteiger partial charge in [-0.05, 0) is 25.5 Å². The molecule has 0 saturated heterocycles. The maximum atomic E-state index is 11.0. The van der Waals surface area contributed by atoms with Crippen molar-refractivity contribution < 1.29 is 19.6 Å². The van der Waals surface area contributed by atoms with Gasteiger partial charge in [-0.15, -0.1) is 0 Å². The molecule has 90 valence electrons. The Morgan fingerprint density at radius 2 is 1.88 bits per heavy atom. The molecule has 1 amide bonds. The number of nitro groups is 1. The molecule has 0 fully saturated rings. The lowest BCUT2D eigenvalue weighted by molar-refractivity contribution is -0.385. The number of aryl methyl sites for hydroxylation is 2. The van der Waals surface area contributed by atoms with Crippen LogP contribution in [0.15, 0.2) is 12.1 Å². The molecule has 0 bridgehead atoms. The van der Waals surface area contributed by atoms with Crippen LogP contribution in [0, 0.1) is 24.0 Å². The number of hydrogen-bond acceptors (Lipinski definition) is 4. The summed E-state index contributed by atoms with van der Waals surface area (Å²) in [6, 6.07) is 2.65. The van der Waals surface area contributed by atoms with Gasteiger partial charge in [0.15, 0.2) is 0 Å². The van der Waals surface area contributed by atoms with Crippen LogP contribution in [0.1, 0.15) is 11.1 Å². The molecule has 0 aromatic heterocycles. The maximum absolute atomic E-state index is 11.0. The third kappa shape index (κ3) is 2.77. The molecule has 0 spiro atoms. The Bertz CT molecular complexity index is 510. The highest BCUT2D eigenvalue weighted by Gasteiger charge is 2.17. The average Bonchev–Trinajstić information content (AvgIpc) is 2.22. The summed E-state index contributed by atoms with van der Waals surface area (Å²) >= 11 is 0. The summed E-state index contributed by atoms with van der Waals surface area (Å²) in [6.45, 7) is 3.05. The number of hydrogen-bond donors (Lipinski definition) is 2. The summed E-state index contributed by atoms with van der Waals surface area (Å²) in [5, 5.41) is 21.2. The SMILES string of the molecule is Cc1cc([N+](=O)[O-])c(C)cc1NC(=O)C(=O)O. The highest BCUT2D eigenvalue weighted by Crippen LogP contribution is 2.25. The van der Waals surface area contributed by atoms with Crippen LogP contribution in [0.4, 0.5) is 11.4 Å². The van der Waals surface area contributed by atoms with Crippen molar-refractivity contribution in [2.75, 3.05) is 5.32 Å². The second-order valence-electron chi connectivity index (χ2n) is 3.47. The number of rotatable bonds is 2. The van der Waals surface area contributed by atoms with E-state index in [0.29, 0.717) is 11.1 Å². The first-order valence-electron chi connectivity index (χ1n) is 4.63. The van der Waals surface area contributed by atoms with Crippen LogP contribution >= 0.6 is 0 Å². The second-order valence-corrected chi connectivity index (χ2v) is 3.47. The fraction of sp³-hybridized carbons (Fsp3) is 0.200. The van der Waals surface area contributed by atoms with E-state index in [2.05, 4.69) is 5.32 Å². The first kappa shape index (κ1) is 12.6. The van der Waals surface area contributed by atoms with E-state index in [-0.39, 0.29) is 11.4 Å². The van der Waals surface area contributed by atoms with E-state index in [1.54, 1.807) is 6.92 Å². The number of carbonyl (C=O) groups excluding carboxylic acids is 1. The van der Waals surface area contributed by atoms with E-state index in [4.69, 9.17) is 5.11 Å². The molecule has 0 saturated carbocycles. The maximum Gasteiger partial charge on any atom is 0.394 e. The Balaban J connectivity index is 3.12. The number of nitro benzene ring substituents is 1. The summed E-state index contributed by atoms with van der Waals surface area (Å²) in [5.74, 6) is -2.79. The molecule has 7 nitrogen and oxygen atoms in total. The van der Waals surface area contributed by atoms with E-state index in [1.807, 2.05) is 0 Å². The van der Waals surface area contributed by atoms with Gasteiger partial charge in [0, 0.05) is 17.3 Å². The third-order valence-corrected chi connectivity index (χ3v) is 2.18. The molecule has 1 aromatic carbocycles. The lowest BCUT2D eigenvalue weighted by Gasteiger charge is -2.07. The molecule has 0 aliphatic carbocycles. The molecule has 7 heteroatoms. The topological polar surface area (TPSA) is 110 Å². The molecule has 0 aliphatic heterocycles. The highest BCUT2D eigenvalue weighted by molar-refractivity contribution is 6.36. The zero-order chi connectivity index (χ0) is 13.2. The number of carboxylic acid groups (broad SMARTS) is 1. The number of anilines is 1. The van der Waals surface area contributed by atoms with Gasteiger partial charge < -0.3 is 10.4 Å². The fourth-order valence-electron chi connectivity index (χ4n) is 1.31. The lowest BCUT2D eigenvalue weighted by atomic mass is 10.1. The van der Waals surface area contributed by atoms with Crippen molar-refractivity contribution in [2.24, 2.45) is 0 Å². The predicted molar refractivity (Wildman–Crippen MR) is 58.8 cm³/mol. The van der Waals surface area contributed by atoms with Gasteiger partial charge in [-0.2, -0.15) is 0 Å². The zero-order valence-electron chi connectivity index (χ0n) is 9.18. The van der Waals surface area contributed by atoms with Gasteiger partial charge in [0.2, 0.25) is 0 Å². The van der Waals surface area contributed by atoms with Crippen molar-refractivity contribution in [3.05, 3.63) is 33.4 Å². The van der Waals surface area contributed by atoms with Crippen LogP contribution in [0.2, 0.25) is 0 Å². The molecule has 0 aliphatic rings. The van der Waals surface area contributed by atoms with E-state index < -0.39 is 16.8 Å². The van der Waals surface area contributed by atoms with E-state index in [0.717, 1.165) is 0 Å². The molecular formula is C10H10N2O5. The Morgan fingerprint density at radius 3 is 2.35 bits per heavy atom. The van der Waals surface area contributed by atoms with Crippen molar-refractivity contribution in [1.82, 2.24) is 0 Å². The van der Waals surface area contributed by atoms with Crippen LogP contribution in [-0.4, -0.2) is 21.9 Å². The normalized spacial score (nSPS) is 9.76. The van der Waals surface area contributed by atoms with Crippen LogP contribution in [-0.2, 0) is 9.59 Å². The molecule has 0 radical (unpaired) electrons. The van der Waals surface area contributed by atoms with Gasteiger partial charge in [0.05, 0.1) is 4.92 Å². The standard InChI is InChI=1S/C10H10N2O5/c1-5-4-8(12(16)17)6(2)3-7(5)11-9(13)10(14)15/h3-4H,1-2H3,(H,11,13)(H,14,15). The van der Waals surface area contributed by atoms with Gasteiger partial charge in [-0.1, -0.05) is 0 Å². The fourth-order valence-corrected chi connectivity index (χ4v) is 1.31. The molecule has 0 unspecified atom stereocenters. The van der Waals surface area contributed by atoms with E-state index in [1.165, 1.54) is 19.1 Å². The highest BCUT2D eigenvalue weighted by atomic mass is 16.6. The molecule has 0 heterocycles. The smallest absolute Gasteiger partial charge is 0.394 e. The van der Waals surface area contributed by atoms with Crippen molar-refractivity contribution in [3.63, 3.8) is 0 Å². The molecular weight excluding hydrogens is 228 g/mol. The van der Waals surface area contributed by atoms with Gasteiger partial charge in [0.25, 0.3) is 5.69 Å². The Labute approximate surface area is 96.2 Å². The van der Waals surface area contributed by atoms with Crippen LogP contribution in [0.25, 0.3) is 0 Å². The number of carbonyl (C=O) groups is 2. The number of nitrogens with one attached hydrogen (secondary N) is 1. The molecule has 1 rings (SSSR count). The van der Waals surface area contributed by atoms with Crippen molar-refractivity contribution >= 4 is 23.3 Å². The van der Waals surface area contributed by atoms with Crippen molar-refractivity contribution in [2.45, 2.75) is 13.8 Å². The number of benzene rings is 1. The quantitative estimate of drug-likeness (QED) is 0.457. The van der Waals surface area contributed by atoms with Crippen molar-refractivity contribution in [1.29, 1.82) is 0 Å². The summed E-state index contributed by atoms with van der Waals surface area (Å²) in [5.41, 5.74) is 0.953. The van der Waals surface area contributed by atoms with Crippen molar-refractivity contribution in [3.8, 4) is 0 Å². The average molecular weight is 238 g/mol. The largest absolute Gasteiger partial charge is 0.474 e. The Hall–Kier alpha value is -2.44. The molecule has 2 N–H and O–H groups in total. The summed E-state index contributed by atoms with van der Waals surface area (Å²) in [7, 11) is 0. The zero-order valence-corrected chi connectivity index (χ0v) is 9.18. The minimum absolute atomic E-state index is 0.0733. The third-order valence-electron chi connectivity index (χ3n) is 2.18. The predicted octanol–water partition coefficient (Wildman–Crippen LogP) is 1.23. The van der Waals surface area contributed by atoms with Gasteiger partial charge in [-0.3, -0.25) is 14.9 Å². The summed E-state index contributed by atoms with van der Waals surface area (Å²) in [6.07, 6.45) is 0. The molecule has 0 atom stereocenters. The first-order chi connectivity index (χ1) is 7.82. The van der Waals surface area contributed by atoms with Gasteiger partial charge in [-0.25, -0.2) is 4.79 Å². The van der Waals surface area contributed by atoms with Gasteiger partial charge in [0.1, 0.15) is 0 Å². The van der Waals surface area contributed by atoms with E-state index in [9.17, 15) is 19.7 Å². The number of carboxylic acids is 1. The van der Waals surface area contributed by atoms with E-state index >= 15 is 0 Å². The number of nitrogens with zero attached hydrogens (tertiary/aromatic N) is 1. The minimum Gasteiger partial charge on any atom is -0.474 e. The van der Waals surface area contributed by atoms with Crippen LogP contribution < -0.4 is 5.32 Å². The summed E-state index contributed by atoms with van der Waals surface area (Å²) < 4.78 is 0. The first-order valence-corrected chi connectivity index (χ1v) is 4.63. The lowest BCUT2D eigenvalue weighted by Crippen LogP contribution is -2.22. The second kappa shape index (κ2) is 4.60. The molecule has 17 heavy (non-hydrogen) atoms. The van der Waals surface area contributed by atoms with Crippen LogP contribution in [0.3, 0.4) is 0 Å². The number of amides is 1. The summed E-state index contributed by atoms with van der Waals surface area (Å²) in [4.78, 5) is 31.4. The minimum atomic E-state index is -1.61. The molecule has 1 aromatic rings. The van der Waals surface area contributed by atoms with Gasteiger partial charge >= 0.3 is 11.9 Å². The Morgan fingerprint density at radius 1 is 1.29 bits per heavy atom. The number of aliphatic carboxylic acids is 1. The Kier molecular flexibility index (Phi) is 3.42.